The predicted octanol–water partition coefficient (Wildman–Crippen LogP) is 6.29. The topological polar surface area (TPSA) is 88.4 Å². The van der Waals surface area contributed by atoms with Crippen LogP contribution in [0.15, 0.2) is 117 Å². The van der Waals surface area contributed by atoms with Crippen LogP contribution in [-0.4, -0.2) is 31.4 Å². The molecule has 5 aromatic rings. The molecule has 1 aromatic heterocycles. The van der Waals surface area contributed by atoms with Crippen LogP contribution < -0.4 is 29.1 Å². The number of benzene rings is 4. The number of halogens is 1. The number of carbonyl (C=O) groups excluding carboxylic acids is 1. The van der Waals surface area contributed by atoms with Crippen LogP contribution in [0.1, 0.15) is 35.2 Å². The van der Waals surface area contributed by atoms with Gasteiger partial charge in [0.1, 0.15) is 12.4 Å². The molecule has 1 aliphatic heterocycles. The summed E-state index contributed by atoms with van der Waals surface area (Å²) in [7, 11) is 3.16. The van der Waals surface area contributed by atoms with Crippen molar-refractivity contribution in [2.24, 2.45) is 4.99 Å². The highest BCUT2D eigenvalue weighted by molar-refractivity contribution is 9.10. The molecule has 8 nitrogen and oxygen atoms in total. The highest BCUT2D eigenvalue weighted by Crippen LogP contribution is 2.38. The van der Waals surface area contributed by atoms with Gasteiger partial charge in [0.25, 0.3) is 5.56 Å². The van der Waals surface area contributed by atoms with Crippen molar-refractivity contribution in [2.45, 2.75) is 19.6 Å². The van der Waals surface area contributed by atoms with Crippen LogP contribution in [-0.2, 0) is 16.1 Å². The van der Waals surface area contributed by atoms with E-state index in [1.165, 1.54) is 11.3 Å². The van der Waals surface area contributed by atoms with Crippen LogP contribution in [0.3, 0.4) is 0 Å². The molecule has 0 saturated heterocycles. The molecule has 0 aliphatic carbocycles. The Morgan fingerprint density at radius 3 is 2.32 bits per heavy atom. The Kier molecular flexibility index (Phi) is 9.70. The quantitative estimate of drug-likeness (QED) is 0.158. The van der Waals surface area contributed by atoms with Gasteiger partial charge in [-0.1, -0.05) is 84.1 Å². The monoisotopic (exact) mass is 710 g/mol. The van der Waals surface area contributed by atoms with E-state index in [0.29, 0.717) is 48.9 Å². The summed E-state index contributed by atoms with van der Waals surface area (Å²) in [6.45, 7) is 2.29. The van der Waals surface area contributed by atoms with Crippen molar-refractivity contribution >= 4 is 45.0 Å². The Balaban J connectivity index is 1.50. The summed E-state index contributed by atoms with van der Waals surface area (Å²) in [5.41, 5.74) is 3.66. The van der Waals surface area contributed by atoms with E-state index in [0.717, 1.165) is 16.7 Å². The zero-order valence-electron chi connectivity index (χ0n) is 25.9. The molecule has 10 heteroatoms. The molecular formula is C37H31BrN2O6S. The molecule has 0 spiro atoms. The summed E-state index contributed by atoms with van der Waals surface area (Å²) in [5, 5.41) is 0. The van der Waals surface area contributed by atoms with E-state index >= 15 is 0 Å². The van der Waals surface area contributed by atoms with Crippen LogP contribution in [0.2, 0.25) is 0 Å². The lowest BCUT2D eigenvalue weighted by atomic mass is 9.93. The Bertz CT molecular complexity index is 2120. The predicted molar refractivity (Wildman–Crippen MR) is 186 cm³/mol. The number of aromatic nitrogens is 1. The Labute approximate surface area is 284 Å². The smallest absolute Gasteiger partial charge is 0.338 e. The van der Waals surface area contributed by atoms with Gasteiger partial charge >= 0.3 is 5.97 Å². The van der Waals surface area contributed by atoms with E-state index < -0.39 is 12.0 Å². The molecule has 4 aromatic carbocycles. The molecule has 238 valence electrons. The molecule has 0 radical (unpaired) electrons. The number of nitrogens with zero attached hydrogens (tertiary/aromatic N) is 2. The van der Waals surface area contributed by atoms with E-state index in [1.807, 2.05) is 84.9 Å². The number of thiazole rings is 1. The van der Waals surface area contributed by atoms with Gasteiger partial charge in [0.2, 0.25) is 0 Å². The third-order valence-corrected chi connectivity index (χ3v) is 9.15. The molecule has 0 N–H and O–H groups in total. The number of hydrogen-bond acceptors (Lipinski definition) is 8. The van der Waals surface area contributed by atoms with Crippen molar-refractivity contribution in [3.8, 4) is 17.2 Å². The van der Waals surface area contributed by atoms with E-state index in [1.54, 1.807) is 43.9 Å². The molecule has 47 heavy (non-hydrogen) atoms. The first-order chi connectivity index (χ1) is 22.9. The third kappa shape index (κ3) is 6.65. The van der Waals surface area contributed by atoms with Gasteiger partial charge in [0.05, 0.1) is 47.1 Å². The fourth-order valence-corrected chi connectivity index (χ4v) is 6.96. The minimum absolute atomic E-state index is 0.173. The molecule has 0 saturated carbocycles. The maximum Gasteiger partial charge on any atom is 0.338 e. The summed E-state index contributed by atoms with van der Waals surface area (Å²) in [4.78, 5) is 33.3. The van der Waals surface area contributed by atoms with Crippen LogP contribution in [0, 0.1) is 0 Å². The first-order valence-electron chi connectivity index (χ1n) is 14.9. The van der Waals surface area contributed by atoms with Crippen molar-refractivity contribution in [1.82, 2.24) is 4.57 Å². The van der Waals surface area contributed by atoms with Gasteiger partial charge in [-0.05, 0) is 69.9 Å². The largest absolute Gasteiger partial charge is 0.497 e. The Morgan fingerprint density at radius 2 is 1.66 bits per heavy atom. The summed E-state index contributed by atoms with van der Waals surface area (Å²) in [6.07, 6.45) is 1.79. The van der Waals surface area contributed by atoms with Gasteiger partial charge in [0, 0.05) is 5.56 Å². The molecule has 6 rings (SSSR count). The number of esters is 1. The molecule has 0 unspecified atom stereocenters. The minimum atomic E-state index is -0.788. The van der Waals surface area contributed by atoms with Crippen molar-refractivity contribution < 1.29 is 23.7 Å². The minimum Gasteiger partial charge on any atom is -0.497 e. The molecule has 0 amide bonds. The fourth-order valence-electron chi connectivity index (χ4n) is 5.39. The lowest BCUT2D eigenvalue weighted by Gasteiger charge is -2.26. The van der Waals surface area contributed by atoms with E-state index in [2.05, 4.69) is 15.9 Å². The van der Waals surface area contributed by atoms with Gasteiger partial charge in [-0.2, -0.15) is 0 Å². The van der Waals surface area contributed by atoms with Gasteiger partial charge < -0.3 is 18.9 Å². The van der Waals surface area contributed by atoms with Crippen LogP contribution in [0.4, 0.5) is 0 Å². The van der Waals surface area contributed by atoms with E-state index in [4.69, 9.17) is 23.9 Å². The second kappa shape index (κ2) is 14.2. The summed E-state index contributed by atoms with van der Waals surface area (Å²) >= 11 is 4.88. The average molecular weight is 712 g/mol. The lowest BCUT2D eigenvalue weighted by molar-refractivity contribution is -0.138. The molecule has 1 atom stereocenters. The number of fused-ring (bicyclic) bond motifs is 1. The van der Waals surface area contributed by atoms with Crippen LogP contribution in [0.25, 0.3) is 11.8 Å². The first kappa shape index (κ1) is 32.0. The summed E-state index contributed by atoms with van der Waals surface area (Å²) < 4.78 is 25.4. The standard InChI is InChI=1S/C37H31BrN2O6S/c1-4-45-36(42)31-32(25-13-9-6-10-14-25)39-37-40(33(31)26-15-17-27(43-2)18-16-26)35(41)30(47-37)21-24-19-28(38)34(29(20-24)44-3)46-22-23-11-7-5-8-12-23/h5-21,33H,4,22H2,1-3H3/b30-21-/t33-/m0/s1. The second-order valence-corrected chi connectivity index (χ2v) is 12.4. The normalized spacial score (nSPS) is 14.3. The molecular weight excluding hydrogens is 680 g/mol. The third-order valence-electron chi connectivity index (χ3n) is 7.58. The summed E-state index contributed by atoms with van der Waals surface area (Å²) in [6, 6.07) is 29.5. The van der Waals surface area contributed by atoms with Crippen LogP contribution in [0.5, 0.6) is 17.2 Å². The average Bonchev–Trinajstić information content (AvgIpc) is 3.41. The van der Waals surface area contributed by atoms with Crippen molar-refractivity contribution in [3.05, 3.63) is 149 Å². The van der Waals surface area contributed by atoms with E-state index in [-0.39, 0.29) is 17.7 Å². The van der Waals surface area contributed by atoms with Crippen molar-refractivity contribution in [1.29, 1.82) is 0 Å². The van der Waals surface area contributed by atoms with Gasteiger partial charge in [0.15, 0.2) is 16.3 Å². The highest BCUT2D eigenvalue weighted by Gasteiger charge is 2.35. The van der Waals surface area contributed by atoms with Crippen molar-refractivity contribution in [3.63, 3.8) is 0 Å². The molecule has 0 bridgehead atoms. The summed E-state index contributed by atoms with van der Waals surface area (Å²) in [5.74, 6) is 1.19. The molecule has 0 fully saturated rings. The zero-order chi connectivity index (χ0) is 32.9. The SMILES string of the molecule is CCOC(=O)C1=C(c2ccccc2)N=c2s/c(=C\c3cc(Br)c(OCc4ccccc4)c(OC)c3)c(=O)n2[C@H]1c1ccc(OC)cc1. The highest BCUT2D eigenvalue weighted by atomic mass is 79.9. The fraction of sp³-hybridized carbons (Fsp3) is 0.162. The van der Waals surface area contributed by atoms with Gasteiger partial charge in [-0.3, -0.25) is 9.36 Å². The Morgan fingerprint density at radius 1 is 0.957 bits per heavy atom. The number of hydrogen-bond donors (Lipinski definition) is 0. The zero-order valence-corrected chi connectivity index (χ0v) is 28.3. The second-order valence-electron chi connectivity index (χ2n) is 10.5. The first-order valence-corrected chi connectivity index (χ1v) is 16.5. The molecule has 1 aliphatic rings. The maximum atomic E-state index is 14.3. The van der Waals surface area contributed by atoms with Crippen LogP contribution >= 0.6 is 27.3 Å². The molecule has 2 heterocycles. The maximum absolute atomic E-state index is 14.3. The number of carbonyl (C=O) groups is 1. The number of rotatable bonds is 10. The Hall–Kier alpha value is -4.93. The number of methoxy groups -OCH3 is 2. The van der Waals surface area contributed by atoms with E-state index in [9.17, 15) is 9.59 Å². The number of ether oxygens (including phenoxy) is 4. The van der Waals surface area contributed by atoms with Crippen molar-refractivity contribution in [2.75, 3.05) is 20.8 Å². The van der Waals surface area contributed by atoms with Gasteiger partial charge in [-0.25, -0.2) is 9.79 Å². The van der Waals surface area contributed by atoms with Gasteiger partial charge in [-0.15, -0.1) is 0 Å². The lowest BCUT2D eigenvalue weighted by Crippen LogP contribution is -2.40.